The molecule has 0 aliphatic carbocycles. The van der Waals surface area contributed by atoms with Crippen molar-refractivity contribution in [2.45, 2.75) is 12.6 Å². The number of halogens is 1. The van der Waals surface area contributed by atoms with Gasteiger partial charge in [0.25, 0.3) is 0 Å². The lowest BCUT2D eigenvalue weighted by atomic mass is 10.1. The van der Waals surface area contributed by atoms with Gasteiger partial charge in [0.15, 0.2) is 0 Å². The number of aliphatic carboxylic acids is 1. The fraction of sp³-hybridized carbons (Fsp3) is 0.333. The minimum atomic E-state index is -2.36. The van der Waals surface area contributed by atoms with Gasteiger partial charge in [-0.05, 0) is 6.92 Å². The van der Waals surface area contributed by atoms with Gasteiger partial charge in [-0.3, -0.25) is 0 Å². The number of carboxylic acid groups (broad SMARTS) is 1. The quantitative estimate of drug-likeness (QED) is 0.739. The molecule has 0 saturated heterocycles. The van der Waals surface area contributed by atoms with Crippen LogP contribution in [0.25, 0.3) is 0 Å². The summed E-state index contributed by atoms with van der Waals surface area (Å²) < 4.78 is 13.1. The van der Waals surface area contributed by atoms with Gasteiger partial charge in [0.1, 0.15) is 0 Å². The van der Waals surface area contributed by atoms with E-state index in [2.05, 4.69) is 4.98 Å². The van der Waals surface area contributed by atoms with Gasteiger partial charge in [-0.25, -0.2) is 14.2 Å². The molecular formula is C6H6FNO2S. The fourth-order valence-electron chi connectivity index (χ4n) is 0.554. The summed E-state index contributed by atoms with van der Waals surface area (Å²) in [6, 6.07) is 0. The van der Waals surface area contributed by atoms with E-state index in [1.807, 2.05) is 0 Å². The molecular weight excluding hydrogens is 169 g/mol. The Hall–Kier alpha value is -0.970. The van der Waals surface area contributed by atoms with Crippen molar-refractivity contribution in [2.24, 2.45) is 0 Å². The van der Waals surface area contributed by atoms with Crippen LogP contribution in [-0.2, 0) is 10.5 Å². The molecule has 0 radical (unpaired) electrons. The van der Waals surface area contributed by atoms with Gasteiger partial charge in [0.05, 0.1) is 11.2 Å². The molecule has 3 nitrogen and oxygen atoms in total. The van der Waals surface area contributed by atoms with E-state index in [4.69, 9.17) is 5.11 Å². The molecule has 5 heteroatoms. The smallest absolute Gasteiger partial charge is 0.347 e. The molecule has 60 valence electrons. The third-order valence-corrected chi connectivity index (χ3v) is 1.90. The highest BCUT2D eigenvalue weighted by Crippen LogP contribution is 2.24. The molecule has 1 N–H and O–H groups in total. The maximum absolute atomic E-state index is 13.1. The summed E-state index contributed by atoms with van der Waals surface area (Å²) >= 11 is 1.17. The van der Waals surface area contributed by atoms with Crippen LogP contribution in [0.2, 0.25) is 0 Å². The molecule has 0 spiro atoms. The first kappa shape index (κ1) is 8.13. The zero-order valence-electron chi connectivity index (χ0n) is 5.74. The van der Waals surface area contributed by atoms with Gasteiger partial charge in [-0.15, -0.1) is 11.3 Å². The monoisotopic (exact) mass is 175 g/mol. The van der Waals surface area contributed by atoms with Crippen molar-refractivity contribution in [1.82, 2.24) is 4.98 Å². The lowest BCUT2D eigenvalue weighted by molar-refractivity contribution is -0.150. The van der Waals surface area contributed by atoms with Crippen LogP contribution < -0.4 is 0 Å². The highest BCUT2D eigenvalue weighted by atomic mass is 32.1. The number of nitrogens with zero attached hydrogens (tertiary/aromatic N) is 1. The third-order valence-electron chi connectivity index (χ3n) is 1.31. The van der Waals surface area contributed by atoms with Crippen LogP contribution in [0, 0.1) is 0 Å². The van der Waals surface area contributed by atoms with Gasteiger partial charge < -0.3 is 5.11 Å². The second kappa shape index (κ2) is 2.58. The first-order valence-electron chi connectivity index (χ1n) is 2.86. The lowest BCUT2D eigenvalue weighted by Crippen LogP contribution is -2.27. The van der Waals surface area contributed by atoms with Crippen molar-refractivity contribution in [1.29, 1.82) is 0 Å². The predicted octanol–water partition coefficient (Wildman–Crippen LogP) is 1.41. The first-order valence-corrected chi connectivity index (χ1v) is 3.80. The highest BCUT2D eigenvalue weighted by Gasteiger charge is 2.36. The molecule has 1 rings (SSSR count). The SMILES string of the molecule is CC(F)(C(=O)O)c1cscn1. The van der Waals surface area contributed by atoms with Crippen molar-refractivity contribution >= 4 is 17.3 Å². The molecule has 0 saturated carbocycles. The Kier molecular flexibility index (Phi) is 1.90. The Labute approximate surface area is 66.5 Å². The maximum atomic E-state index is 13.1. The minimum Gasteiger partial charge on any atom is -0.479 e. The van der Waals surface area contributed by atoms with Crippen LogP contribution in [-0.4, -0.2) is 16.1 Å². The Bertz CT molecular complexity index is 258. The minimum absolute atomic E-state index is 0.0463. The van der Waals surface area contributed by atoms with Gasteiger partial charge in [-0.2, -0.15) is 0 Å². The molecule has 0 bridgehead atoms. The first-order chi connectivity index (χ1) is 5.05. The molecule has 1 aromatic rings. The van der Waals surface area contributed by atoms with Crippen molar-refractivity contribution < 1.29 is 14.3 Å². The van der Waals surface area contributed by atoms with Crippen LogP contribution >= 0.6 is 11.3 Å². The zero-order chi connectivity index (χ0) is 8.48. The van der Waals surface area contributed by atoms with Crippen LogP contribution in [0.5, 0.6) is 0 Å². The van der Waals surface area contributed by atoms with Crippen LogP contribution in [0.1, 0.15) is 12.6 Å². The molecule has 11 heavy (non-hydrogen) atoms. The predicted molar refractivity (Wildman–Crippen MR) is 38.2 cm³/mol. The standard InChI is InChI=1S/C6H6FNO2S/c1-6(7,5(9)10)4-2-11-3-8-4/h2-3H,1H3,(H,9,10). The number of carbonyl (C=O) groups is 1. The number of rotatable bonds is 2. The Morgan fingerprint density at radius 2 is 2.55 bits per heavy atom. The Balaban J connectivity index is 3.00. The van der Waals surface area contributed by atoms with E-state index in [1.54, 1.807) is 0 Å². The average Bonchev–Trinajstić information content (AvgIpc) is 2.37. The molecule has 1 atom stereocenters. The van der Waals surface area contributed by atoms with E-state index in [0.29, 0.717) is 0 Å². The van der Waals surface area contributed by atoms with Crippen LogP contribution in [0.4, 0.5) is 4.39 Å². The van der Waals surface area contributed by atoms with Crippen molar-refractivity contribution in [3.8, 4) is 0 Å². The molecule has 1 heterocycles. The normalized spacial score (nSPS) is 15.8. The molecule has 1 unspecified atom stereocenters. The average molecular weight is 175 g/mol. The summed E-state index contributed by atoms with van der Waals surface area (Å²) in [6.07, 6.45) is 0. The fourth-order valence-corrected chi connectivity index (χ4v) is 1.20. The molecule has 0 aliphatic rings. The van der Waals surface area contributed by atoms with Crippen molar-refractivity contribution in [3.05, 3.63) is 16.6 Å². The summed E-state index contributed by atoms with van der Waals surface area (Å²) in [5, 5.41) is 9.79. The maximum Gasteiger partial charge on any atom is 0.347 e. The number of hydrogen-bond acceptors (Lipinski definition) is 3. The van der Waals surface area contributed by atoms with Gasteiger partial charge in [-0.1, -0.05) is 0 Å². The highest BCUT2D eigenvalue weighted by molar-refractivity contribution is 7.07. The lowest BCUT2D eigenvalue weighted by Gasteiger charge is -2.10. The van der Waals surface area contributed by atoms with E-state index >= 15 is 0 Å². The van der Waals surface area contributed by atoms with Gasteiger partial charge >= 0.3 is 5.97 Å². The summed E-state index contributed by atoms with van der Waals surface area (Å²) in [7, 11) is 0. The second-order valence-corrected chi connectivity index (χ2v) is 2.90. The number of aromatic nitrogens is 1. The Morgan fingerprint density at radius 3 is 2.91 bits per heavy atom. The van der Waals surface area contributed by atoms with Crippen molar-refractivity contribution in [2.75, 3.05) is 0 Å². The summed E-state index contributed by atoms with van der Waals surface area (Å²) in [4.78, 5) is 13.9. The molecule has 0 aromatic carbocycles. The Morgan fingerprint density at radius 1 is 1.91 bits per heavy atom. The van der Waals surface area contributed by atoms with Gasteiger partial charge in [0, 0.05) is 5.38 Å². The van der Waals surface area contributed by atoms with Crippen molar-refractivity contribution in [3.63, 3.8) is 0 Å². The molecule has 1 aromatic heterocycles. The summed E-state index contributed by atoms with van der Waals surface area (Å²) in [5.74, 6) is -1.51. The number of alkyl halides is 1. The zero-order valence-corrected chi connectivity index (χ0v) is 6.56. The largest absolute Gasteiger partial charge is 0.479 e. The van der Waals surface area contributed by atoms with Crippen LogP contribution in [0.15, 0.2) is 10.9 Å². The topological polar surface area (TPSA) is 50.2 Å². The third kappa shape index (κ3) is 1.37. The summed E-state index contributed by atoms with van der Waals surface area (Å²) in [6.45, 7) is 0.977. The molecule has 0 amide bonds. The van der Waals surface area contributed by atoms with E-state index < -0.39 is 11.6 Å². The van der Waals surface area contributed by atoms with E-state index in [9.17, 15) is 9.18 Å². The van der Waals surface area contributed by atoms with Crippen LogP contribution in [0.3, 0.4) is 0 Å². The molecule has 0 fully saturated rings. The second-order valence-electron chi connectivity index (χ2n) is 2.18. The van der Waals surface area contributed by atoms with E-state index in [1.165, 1.54) is 22.2 Å². The number of thiazole rings is 1. The van der Waals surface area contributed by atoms with Gasteiger partial charge in [0.2, 0.25) is 5.67 Å². The molecule has 0 aliphatic heterocycles. The number of carboxylic acids is 1. The van der Waals surface area contributed by atoms with E-state index in [0.717, 1.165) is 6.92 Å². The summed E-state index contributed by atoms with van der Waals surface area (Å²) in [5.41, 5.74) is -1.01. The number of hydrogen-bond donors (Lipinski definition) is 1. The van der Waals surface area contributed by atoms with E-state index in [-0.39, 0.29) is 5.69 Å².